The van der Waals surface area contributed by atoms with Crippen molar-refractivity contribution in [2.45, 2.75) is 33.7 Å². The summed E-state index contributed by atoms with van der Waals surface area (Å²) < 4.78 is 13.6. The Morgan fingerprint density at radius 3 is 2.41 bits per heavy atom. The molecule has 1 aromatic rings. The molecule has 2 unspecified atom stereocenters. The predicted molar refractivity (Wildman–Crippen MR) is 136 cm³/mol. The lowest BCUT2D eigenvalue weighted by atomic mass is 9.92. The van der Waals surface area contributed by atoms with E-state index in [4.69, 9.17) is 0 Å². The maximum absolute atomic E-state index is 13.6. The molecule has 0 saturated carbocycles. The van der Waals surface area contributed by atoms with Crippen LogP contribution in [0.25, 0.3) is 0 Å². The molecule has 2 atom stereocenters. The van der Waals surface area contributed by atoms with Crippen molar-refractivity contribution in [3.8, 4) is 5.75 Å². The van der Waals surface area contributed by atoms with E-state index in [2.05, 4.69) is 34.0 Å². The number of aromatic hydroxyl groups is 1. The zero-order valence-corrected chi connectivity index (χ0v) is 21.7. The number of benzene rings is 1. The second-order valence-electron chi connectivity index (χ2n) is 8.96. The average Bonchev–Trinajstić information content (AvgIpc) is 2.73. The number of halogens is 2. The Hall–Kier alpha value is -1.62. The minimum atomic E-state index is -0.631. The first-order valence-electron chi connectivity index (χ1n) is 11.4. The zero-order chi connectivity index (χ0) is 22.4. The average molecular weight is 561 g/mol. The number of carbonyl (C=O) groups is 1. The molecule has 2 saturated heterocycles. The lowest BCUT2D eigenvalue weighted by Crippen LogP contribution is -2.55. The van der Waals surface area contributed by atoms with Crippen molar-refractivity contribution < 1.29 is 14.3 Å². The van der Waals surface area contributed by atoms with Gasteiger partial charge in [-0.3, -0.25) is 9.69 Å². The molecule has 0 aromatic heterocycles. The van der Waals surface area contributed by atoms with Crippen LogP contribution in [0.4, 0.5) is 4.39 Å². The number of piperazine rings is 1. The summed E-state index contributed by atoms with van der Waals surface area (Å²) in [7, 11) is 0. The summed E-state index contributed by atoms with van der Waals surface area (Å²) in [5.74, 6) is 1.20. The number of aliphatic imine (C=N–C) groups is 1. The maximum Gasteiger partial charge on any atom is 0.236 e. The summed E-state index contributed by atoms with van der Waals surface area (Å²) in [4.78, 5) is 23.9. The molecule has 2 fully saturated rings. The second kappa shape index (κ2) is 12.6. The van der Waals surface area contributed by atoms with Crippen LogP contribution >= 0.6 is 24.0 Å². The first-order chi connectivity index (χ1) is 14.9. The van der Waals surface area contributed by atoms with Crippen LogP contribution in [0.2, 0.25) is 0 Å². The molecule has 2 heterocycles. The Balaban J connectivity index is 0.00000363. The van der Waals surface area contributed by atoms with Gasteiger partial charge in [-0.15, -0.1) is 24.0 Å². The van der Waals surface area contributed by atoms with Gasteiger partial charge in [-0.05, 0) is 42.9 Å². The maximum atomic E-state index is 13.6. The molecular formula is C23H37FIN5O2. The van der Waals surface area contributed by atoms with Crippen LogP contribution in [0.1, 0.15) is 32.8 Å². The fourth-order valence-electron chi connectivity index (χ4n) is 4.52. The molecule has 180 valence electrons. The standard InChI is InChI=1S/C23H36FN5O2.HI/c1-4-25-23(26-13-19-5-6-21(30)20(24)12-19)28-9-7-27(8-10-28)16-22(31)29-14-17(2)11-18(3)15-29;/h5-6,12,17-18,30H,4,7-11,13-16H2,1-3H3,(H,25,26);1H. The fraction of sp³-hybridized carbons (Fsp3) is 0.652. The van der Waals surface area contributed by atoms with Crippen LogP contribution in [0.3, 0.4) is 0 Å². The van der Waals surface area contributed by atoms with E-state index in [0.29, 0.717) is 30.5 Å². The van der Waals surface area contributed by atoms with Gasteiger partial charge in [-0.1, -0.05) is 19.9 Å². The monoisotopic (exact) mass is 561 g/mol. The highest BCUT2D eigenvalue weighted by atomic mass is 127. The van der Waals surface area contributed by atoms with Crippen molar-refractivity contribution >= 4 is 35.8 Å². The number of hydrogen-bond acceptors (Lipinski definition) is 4. The van der Waals surface area contributed by atoms with Gasteiger partial charge < -0.3 is 20.2 Å². The van der Waals surface area contributed by atoms with Crippen molar-refractivity contribution in [1.82, 2.24) is 20.0 Å². The number of guanidine groups is 1. The third-order valence-corrected chi connectivity index (χ3v) is 6.01. The minimum Gasteiger partial charge on any atom is -0.505 e. The van der Waals surface area contributed by atoms with E-state index in [1.54, 1.807) is 6.07 Å². The predicted octanol–water partition coefficient (Wildman–Crippen LogP) is 2.74. The summed E-state index contributed by atoms with van der Waals surface area (Å²) in [5, 5.41) is 12.6. The Labute approximate surface area is 208 Å². The number of nitrogens with zero attached hydrogens (tertiary/aromatic N) is 4. The SMILES string of the molecule is CCNC(=NCc1ccc(O)c(F)c1)N1CCN(CC(=O)N2CC(C)CC(C)C2)CC1.I. The molecule has 0 bridgehead atoms. The molecule has 32 heavy (non-hydrogen) atoms. The van der Waals surface area contributed by atoms with E-state index in [1.165, 1.54) is 18.6 Å². The van der Waals surface area contributed by atoms with Crippen LogP contribution in [-0.2, 0) is 11.3 Å². The number of phenolic OH excluding ortho intramolecular Hbond substituents is 1. The zero-order valence-electron chi connectivity index (χ0n) is 19.4. The molecule has 0 aliphatic carbocycles. The third kappa shape index (κ3) is 7.47. The number of carbonyl (C=O) groups excluding carboxylic acids is 1. The quantitative estimate of drug-likeness (QED) is 0.329. The molecule has 2 aliphatic heterocycles. The van der Waals surface area contributed by atoms with Crippen molar-refractivity contribution in [3.63, 3.8) is 0 Å². The molecule has 1 amide bonds. The van der Waals surface area contributed by atoms with E-state index in [0.717, 1.165) is 51.8 Å². The summed E-state index contributed by atoms with van der Waals surface area (Å²) in [6, 6.07) is 4.35. The van der Waals surface area contributed by atoms with Gasteiger partial charge in [0.05, 0.1) is 13.1 Å². The van der Waals surface area contributed by atoms with Gasteiger partial charge in [0, 0.05) is 45.8 Å². The topological polar surface area (TPSA) is 71.4 Å². The molecule has 0 radical (unpaired) electrons. The molecular weight excluding hydrogens is 524 g/mol. The van der Waals surface area contributed by atoms with Crippen molar-refractivity contribution in [3.05, 3.63) is 29.6 Å². The van der Waals surface area contributed by atoms with Gasteiger partial charge >= 0.3 is 0 Å². The fourth-order valence-corrected chi connectivity index (χ4v) is 4.52. The van der Waals surface area contributed by atoms with Crippen molar-refractivity contribution in [2.24, 2.45) is 16.8 Å². The summed E-state index contributed by atoms with van der Waals surface area (Å²) in [5.41, 5.74) is 0.708. The van der Waals surface area contributed by atoms with E-state index >= 15 is 0 Å². The Morgan fingerprint density at radius 1 is 1.16 bits per heavy atom. The number of piperidine rings is 1. The smallest absolute Gasteiger partial charge is 0.236 e. The minimum absolute atomic E-state index is 0. The number of amides is 1. The summed E-state index contributed by atoms with van der Waals surface area (Å²) in [6.45, 7) is 13.0. The third-order valence-electron chi connectivity index (χ3n) is 6.01. The molecule has 7 nitrogen and oxygen atoms in total. The molecule has 3 rings (SSSR count). The number of hydrogen-bond donors (Lipinski definition) is 2. The van der Waals surface area contributed by atoms with Crippen molar-refractivity contribution in [1.29, 1.82) is 0 Å². The molecule has 0 spiro atoms. The molecule has 1 aromatic carbocycles. The van der Waals surface area contributed by atoms with Gasteiger partial charge in [0.25, 0.3) is 0 Å². The lowest BCUT2D eigenvalue weighted by Gasteiger charge is -2.39. The van der Waals surface area contributed by atoms with Crippen LogP contribution in [0.5, 0.6) is 5.75 Å². The van der Waals surface area contributed by atoms with Gasteiger partial charge in [-0.2, -0.15) is 0 Å². The highest BCUT2D eigenvalue weighted by Crippen LogP contribution is 2.21. The first kappa shape index (κ1) is 26.6. The van der Waals surface area contributed by atoms with Crippen LogP contribution in [-0.4, -0.2) is 84.0 Å². The number of rotatable bonds is 5. The number of nitrogens with one attached hydrogen (secondary N) is 1. The highest BCUT2D eigenvalue weighted by molar-refractivity contribution is 14.0. The lowest BCUT2D eigenvalue weighted by molar-refractivity contribution is -0.135. The molecule has 2 aliphatic rings. The van der Waals surface area contributed by atoms with Crippen LogP contribution in [0, 0.1) is 17.7 Å². The van der Waals surface area contributed by atoms with Gasteiger partial charge in [-0.25, -0.2) is 9.38 Å². The van der Waals surface area contributed by atoms with Crippen molar-refractivity contribution in [2.75, 3.05) is 52.4 Å². The Morgan fingerprint density at radius 2 is 1.81 bits per heavy atom. The number of likely N-dealkylation sites (tertiary alicyclic amines) is 1. The Bertz CT molecular complexity index is 776. The largest absolute Gasteiger partial charge is 0.505 e. The molecule has 9 heteroatoms. The van der Waals surface area contributed by atoms with Gasteiger partial charge in [0.1, 0.15) is 0 Å². The highest BCUT2D eigenvalue weighted by Gasteiger charge is 2.28. The van der Waals surface area contributed by atoms with Gasteiger partial charge in [0.15, 0.2) is 17.5 Å². The van der Waals surface area contributed by atoms with E-state index in [9.17, 15) is 14.3 Å². The van der Waals surface area contributed by atoms with Crippen LogP contribution < -0.4 is 5.32 Å². The second-order valence-corrected chi connectivity index (χ2v) is 8.96. The van der Waals surface area contributed by atoms with E-state index in [-0.39, 0.29) is 35.6 Å². The van der Waals surface area contributed by atoms with E-state index < -0.39 is 5.82 Å². The Kier molecular flexibility index (Phi) is 10.5. The first-order valence-corrected chi connectivity index (χ1v) is 11.4. The van der Waals surface area contributed by atoms with E-state index in [1.807, 2.05) is 11.8 Å². The van der Waals surface area contributed by atoms with Gasteiger partial charge in [0.2, 0.25) is 5.91 Å². The normalized spacial score (nSPS) is 22.4. The summed E-state index contributed by atoms with van der Waals surface area (Å²) >= 11 is 0. The number of phenols is 1. The molecule has 2 N–H and O–H groups in total. The van der Waals surface area contributed by atoms with Crippen LogP contribution in [0.15, 0.2) is 23.2 Å². The summed E-state index contributed by atoms with van der Waals surface area (Å²) in [6.07, 6.45) is 1.20.